The number of hydrogen-bond donors (Lipinski definition) is 2. The number of aliphatic hydroxyl groups is 1. The fourth-order valence-corrected chi connectivity index (χ4v) is 0.678. The average molecular weight is 234 g/mol. The molecule has 0 aromatic carbocycles. The van der Waals surface area contributed by atoms with E-state index in [4.69, 9.17) is 9.47 Å². The summed E-state index contributed by atoms with van der Waals surface area (Å²) in [6.07, 6.45) is -1.01. The lowest BCUT2D eigenvalue weighted by atomic mass is 10.2. The molecule has 0 aromatic heterocycles. The van der Waals surface area contributed by atoms with Crippen LogP contribution in [0.4, 0.5) is 0 Å². The van der Waals surface area contributed by atoms with Gasteiger partial charge in [0, 0.05) is 0 Å². The monoisotopic (exact) mass is 234 g/mol. The molecular weight excluding hydrogens is 216 g/mol. The van der Waals surface area contributed by atoms with Gasteiger partial charge in [0.2, 0.25) is 0 Å². The molecule has 0 heterocycles. The lowest BCUT2D eigenvalue weighted by molar-refractivity contribution is -0.150. The number of thiol groups is 1. The molecule has 1 atom stereocenters. The zero-order chi connectivity index (χ0) is 12.1. The van der Waals surface area contributed by atoms with Gasteiger partial charge in [-0.1, -0.05) is 6.58 Å². The summed E-state index contributed by atoms with van der Waals surface area (Å²) in [5, 5.41) is 9.17. The second-order valence-corrected chi connectivity index (χ2v) is 4.88. The molecule has 0 aliphatic rings. The zero-order valence-corrected chi connectivity index (χ0v) is 10.2. The first-order valence-electron chi connectivity index (χ1n) is 4.60. The van der Waals surface area contributed by atoms with Crippen molar-refractivity contribution in [2.24, 2.45) is 0 Å². The highest BCUT2D eigenvalue weighted by molar-refractivity contribution is 7.82. The van der Waals surface area contributed by atoms with Crippen molar-refractivity contribution in [1.82, 2.24) is 0 Å². The number of carbonyl (C=O) groups excluding carboxylic acids is 1. The Bertz CT molecular complexity index is 232. The standard InChI is InChI=1S/C10H18O4S/c1-7(2)8(11)13-5-6-14-9(12)10(3,4)15/h8,11,15H,1,5-6H2,2-4H3. The van der Waals surface area contributed by atoms with Crippen LogP contribution in [0, 0.1) is 0 Å². The fourth-order valence-electron chi connectivity index (χ4n) is 0.613. The average Bonchev–Trinajstić information content (AvgIpc) is 2.09. The zero-order valence-electron chi connectivity index (χ0n) is 9.32. The number of ether oxygens (including phenoxy) is 2. The van der Waals surface area contributed by atoms with Crippen LogP contribution in [-0.2, 0) is 14.3 Å². The molecule has 0 aromatic rings. The summed E-state index contributed by atoms with van der Waals surface area (Å²) in [6, 6.07) is 0. The molecule has 0 rings (SSSR count). The van der Waals surface area contributed by atoms with E-state index in [-0.39, 0.29) is 13.2 Å². The topological polar surface area (TPSA) is 55.8 Å². The van der Waals surface area contributed by atoms with E-state index in [1.54, 1.807) is 20.8 Å². The Labute approximate surface area is 95.7 Å². The summed E-state index contributed by atoms with van der Waals surface area (Å²) in [5.74, 6) is -0.417. The molecule has 1 N–H and O–H groups in total. The molecule has 15 heavy (non-hydrogen) atoms. The van der Waals surface area contributed by atoms with Gasteiger partial charge >= 0.3 is 5.97 Å². The van der Waals surface area contributed by atoms with Crippen molar-refractivity contribution in [3.05, 3.63) is 12.2 Å². The maximum atomic E-state index is 11.2. The van der Waals surface area contributed by atoms with E-state index in [1.807, 2.05) is 0 Å². The van der Waals surface area contributed by atoms with Crippen molar-refractivity contribution in [3.63, 3.8) is 0 Å². The van der Waals surface area contributed by atoms with E-state index in [1.165, 1.54) is 0 Å². The van der Waals surface area contributed by atoms with E-state index in [0.717, 1.165) is 0 Å². The largest absolute Gasteiger partial charge is 0.462 e. The van der Waals surface area contributed by atoms with Crippen molar-refractivity contribution in [1.29, 1.82) is 0 Å². The van der Waals surface area contributed by atoms with Gasteiger partial charge in [0.15, 0.2) is 6.29 Å². The Morgan fingerprint density at radius 3 is 2.47 bits per heavy atom. The summed E-state index contributed by atoms with van der Waals surface area (Å²) in [6.45, 7) is 8.66. The van der Waals surface area contributed by atoms with Gasteiger partial charge in [-0.05, 0) is 26.3 Å². The van der Waals surface area contributed by atoms with Gasteiger partial charge in [0.25, 0.3) is 0 Å². The molecule has 0 saturated carbocycles. The van der Waals surface area contributed by atoms with Crippen molar-refractivity contribution < 1.29 is 19.4 Å². The fraction of sp³-hybridized carbons (Fsp3) is 0.700. The quantitative estimate of drug-likeness (QED) is 0.238. The molecular formula is C10H18O4S. The normalized spacial score (nSPS) is 13.4. The highest BCUT2D eigenvalue weighted by atomic mass is 32.1. The Hall–Kier alpha value is -0.520. The molecule has 0 saturated heterocycles. The van der Waals surface area contributed by atoms with E-state index < -0.39 is 17.0 Å². The minimum Gasteiger partial charge on any atom is -0.462 e. The predicted molar refractivity (Wildman–Crippen MR) is 60.8 cm³/mol. The SMILES string of the molecule is C=C(C)C(O)OCCOC(=O)C(C)(C)S. The van der Waals surface area contributed by atoms with Crippen LogP contribution >= 0.6 is 12.6 Å². The van der Waals surface area contributed by atoms with E-state index >= 15 is 0 Å². The van der Waals surface area contributed by atoms with Crippen molar-refractivity contribution >= 4 is 18.6 Å². The third-order valence-corrected chi connectivity index (χ3v) is 1.70. The van der Waals surface area contributed by atoms with Gasteiger partial charge < -0.3 is 14.6 Å². The van der Waals surface area contributed by atoms with Crippen molar-refractivity contribution in [2.75, 3.05) is 13.2 Å². The van der Waals surface area contributed by atoms with E-state index in [2.05, 4.69) is 19.2 Å². The van der Waals surface area contributed by atoms with Gasteiger partial charge in [-0.2, -0.15) is 12.6 Å². The third-order valence-electron chi connectivity index (χ3n) is 1.51. The Balaban J connectivity index is 3.64. The first-order chi connectivity index (χ1) is 6.75. The maximum Gasteiger partial charge on any atom is 0.321 e. The highest BCUT2D eigenvalue weighted by Gasteiger charge is 2.24. The molecule has 88 valence electrons. The van der Waals surface area contributed by atoms with Crippen molar-refractivity contribution in [3.8, 4) is 0 Å². The first kappa shape index (κ1) is 14.5. The third kappa shape index (κ3) is 6.54. The number of rotatable bonds is 6. The summed E-state index contributed by atoms with van der Waals surface area (Å²) >= 11 is 4.05. The van der Waals surface area contributed by atoms with Crippen LogP contribution in [-0.4, -0.2) is 35.3 Å². The second-order valence-electron chi connectivity index (χ2n) is 3.76. The molecule has 0 fully saturated rings. The lowest BCUT2D eigenvalue weighted by Gasteiger charge is -2.16. The number of hydrogen-bond acceptors (Lipinski definition) is 5. The van der Waals surface area contributed by atoms with Crippen molar-refractivity contribution in [2.45, 2.75) is 31.8 Å². The highest BCUT2D eigenvalue weighted by Crippen LogP contribution is 2.13. The maximum absolute atomic E-state index is 11.2. The summed E-state index contributed by atoms with van der Waals surface area (Å²) < 4.78 is 8.96. The molecule has 0 aliphatic heterocycles. The van der Waals surface area contributed by atoms with Crippen LogP contribution in [0.15, 0.2) is 12.2 Å². The van der Waals surface area contributed by atoms with Crippen LogP contribution < -0.4 is 0 Å². The number of aliphatic hydroxyl groups excluding tert-OH is 1. The van der Waals surface area contributed by atoms with Gasteiger partial charge in [-0.3, -0.25) is 4.79 Å². The second kappa shape index (κ2) is 6.15. The van der Waals surface area contributed by atoms with Crippen LogP contribution in [0.2, 0.25) is 0 Å². The lowest BCUT2D eigenvalue weighted by Crippen LogP contribution is -2.29. The molecule has 1 unspecified atom stereocenters. The molecule has 0 amide bonds. The van der Waals surface area contributed by atoms with Gasteiger partial charge in [-0.15, -0.1) is 0 Å². The van der Waals surface area contributed by atoms with Crippen LogP contribution in [0.25, 0.3) is 0 Å². The molecule has 4 nitrogen and oxygen atoms in total. The van der Waals surface area contributed by atoms with Crippen LogP contribution in [0.5, 0.6) is 0 Å². The molecule has 0 aliphatic carbocycles. The molecule has 0 bridgehead atoms. The first-order valence-corrected chi connectivity index (χ1v) is 5.04. The predicted octanol–water partition coefficient (Wildman–Crippen LogP) is 1.15. The Morgan fingerprint density at radius 1 is 1.53 bits per heavy atom. The Morgan fingerprint density at radius 2 is 2.07 bits per heavy atom. The van der Waals surface area contributed by atoms with E-state index in [0.29, 0.717) is 5.57 Å². The van der Waals surface area contributed by atoms with Crippen LogP contribution in [0.3, 0.4) is 0 Å². The molecule has 0 radical (unpaired) electrons. The number of carbonyl (C=O) groups is 1. The van der Waals surface area contributed by atoms with Gasteiger partial charge in [0.05, 0.1) is 6.61 Å². The summed E-state index contributed by atoms with van der Waals surface area (Å²) in [5.41, 5.74) is 0.510. The smallest absolute Gasteiger partial charge is 0.321 e. The summed E-state index contributed by atoms with van der Waals surface area (Å²) in [4.78, 5) is 11.2. The summed E-state index contributed by atoms with van der Waals surface area (Å²) in [7, 11) is 0. The number of esters is 1. The minimum atomic E-state index is -1.01. The van der Waals surface area contributed by atoms with Crippen LogP contribution in [0.1, 0.15) is 20.8 Å². The van der Waals surface area contributed by atoms with Gasteiger partial charge in [0.1, 0.15) is 11.4 Å². The Kier molecular flexibility index (Phi) is 5.93. The molecule has 5 heteroatoms. The van der Waals surface area contributed by atoms with E-state index in [9.17, 15) is 9.90 Å². The van der Waals surface area contributed by atoms with Gasteiger partial charge in [-0.25, -0.2) is 0 Å². The molecule has 0 spiro atoms. The minimum absolute atomic E-state index is 0.0904.